The molecule has 2 heterocycles. The Morgan fingerprint density at radius 1 is 1.62 bits per heavy atom. The maximum absolute atomic E-state index is 11.8. The molecule has 0 saturated carbocycles. The molecular weight excluding hydrogens is 278 g/mol. The van der Waals surface area contributed by atoms with Crippen LogP contribution in [0, 0.1) is 6.92 Å². The van der Waals surface area contributed by atoms with Gasteiger partial charge in [-0.25, -0.2) is 0 Å². The Bertz CT molecular complexity index is 502. The van der Waals surface area contributed by atoms with Crippen molar-refractivity contribution in [3.63, 3.8) is 0 Å². The van der Waals surface area contributed by atoms with Crippen molar-refractivity contribution in [2.24, 2.45) is 0 Å². The van der Waals surface area contributed by atoms with Crippen molar-refractivity contribution < 1.29 is 23.6 Å². The number of carbonyl (C=O) groups excluding carboxylic acids is 2. The molecule has 1 atom stereocenters. The molecule has 1 N–H and O–H groups in total. The van der Waals surface area contributed by atoms with E-state index in [1.54, 1.807) is 25.0 Å². The standard InChI is InChI=1S/C13H19N3O5/c1-9-5-11(15-21-9)13(18)14-6-10-7-16(3-4-19-2)12(17)8-20-10/h5,10H,3-4,6-8H2,1-2H3,(H,14,18). The van der Waals surface area contributed by atoms with Gasteiger partial charge >= 0.3 is 0 Å². The minimum atomic E-state index is -0.323. The number of aryl methyl sites for hydroxylation is 1. The Morgan fingerprint density at radius 3 is 3.10 bits per heavy atom. The van der Waals surface area contributed by atoms with Crippen molar-refractivity contribution in [3.8, 4) is 0 Å². The third-order valence-electron chi connectivity index (χ3n) is 3.14. The number of nitrogens with one attached hydrogen (secondary N) is 1. The predicted molar refractivity (Wildman–Crippen MR) is 71.8 cm³/mol. The van der Waals surface area contributed by atoms with Gasteiger partial charge in [0.05, 0.1) is 12.7 Å². The van der Waals surface area contributed by atoms with Gasteiger partial charge in [0.25, 0.3) is 5.91 Å². The van der Waals surface area contributed by atoms with Crippen molar-refractivity contribution in [2.75, 3.05) is 40.0 Å². The van der Waals surface area contributed by atoms with Crippen molar-refractivity contribution in [1.29, 1.82) is 0 Å². The van der Waals surface area contributed by atoms with Crippen molar-refractivity contribution in [1.82, 2.24) is 15.4 Å². The number of methoxy groups -OCH3 is 1. The molecule has 2 amide bonds. The number of aromatic nitrogens is 1. The first-order chi connectivity index (χ1) is 10.1. The summed E-state index contributed by atoms with van der Waals surface area (Å²) in [5.74, 6) is 0.183. The van der Waals surface area contributed by atoms with Gasteiger partial charge in [-0.3, -0.25) is 9.59 Å². The summed E-state index contributed by atoms with van der Waals surface area (Å²) < 4.78 is 15.2. The molecule has 116 valence electrons. The number of morpholine rings is 1. The molecule has 0 spiro atoms. The van der Waals surface area contributed by atoms with E-state index in [1.165, 1.54) is 0 Å². The number of ether oxygens (including phenoxy) is 2. The highest BCUT2D eigenvalue weighted by Crippen LogP contribution is 2.06. The number of carbonyl (C=O) groups is 2. The zero-order valence-electron chi connectivity index (χ0n) is 12.1. The van der Waals surface area contributed by atoms with Gasteiger partial charge in [0.2, 0.25) is 5.91 Å². The number of hydrogen-bond donors (Lipinski definition) is 1. The fraction of sp³-hybridized carbons (Fsp3) is 0.615. The van der Waals surface area contributed by atoms with E-state index in [1.807, 2.05) is 0 Å². The summed E-state index contributed by atoms with van der Waals surface area (Å²) >= 11 is 0. The molecule has 1 unspecified atom stereocenters. The molecule has 8 heteroatoms. The molecule has 0 aromatic carbocycles. The van der Waals surface area contributed by atoms with Crippen molar-refractivity contribution in [3.05, 3.63) is 17.5 Å². The number of hydrogen-bond acceptors (Lipinski definition) is 6. The van der Waals surface area contributed by atoms with Crippen LogP contribution in [0.1, 0.15) is 16.2 Å². The van der Waals surface area contributed by atoms with Crippen molar-refractivity contribution in [2.45, 2.75) is 13.0 Å². The number of rotatable bonds is 6. The average molecular weight is 297 g/mol. The zero-order valence-corrected chi connectivity index (χ0v) is 12.1. The van der Waals surface area contributed by atoms with E-state index in [9.17, 15) is 9.59 Å². The highest BCUT2D eigenvalue weighted by Gasteiger charge is 2.26. The van der Waals surface area contributed by atoms with E-state index >= 15 is 0 Å². The molecule has 0 radical (unpaired) electrons. The smallest absolute Gasteiger partial charge is 0.273 e. The van der Waals surface area contributed by atoms with Crippen molar-refractivity contribution >= 4 is 11.8 Å². The summed E-state index contributed by atoms with van der Waals surface area (Å²) in [4.78, 5) is 25.1. The quantitative estimate of drug-likeness (QED) is 0.767. The Hall–Kier alpha value is -1.93. The van der Waals surface area contributed by atoms with Gasteiger partial charge in [-0.05, 0) is 6.92 Å². The molecule has 1 saturated heterocycles. The lowest BCUT2D eigenvalue weighted by Crippen LogP contribution is -2.51. The summed E-state index contributed by atoms with van der Waals surface area (Å²) in [5, 5.41) is 6.36. The molecule has 1 aliphatic heterocycles. The van der Waals surface area contributed by atoms with Gasteiger partial charge in [-0.2, -0.15) is 0 Å². The van der Waals surface area contributed by atoms with Gasteiger partial charge in [-0.15, -0.1) is 0 Å². The SMILES string of the molecule is COCCN1CC(CNC(=O)c2cc(C)on2)OCC1=O. The fourth-order valence-electron chi connectivity index (χ4n) is 1.99. The van der Waals surface area contributed by atoms with E-state index in [0.29, 0.717) is 32.0 Å². The molecule has 8 nitrogen and oxygen atoms in total. The lowest BCUT2D eigenvalue weighted by molar-refractivity contribution is -0.149. The first kappa shape index (κ1) is 15.5. The second-order valence-corrected chi connectivity index (χ2v) is 4.80. The molecule has 1 aliphatic rings. The average Bonchev–Trinajstić information content (AvgIpc) is 2.91. The lowest BCUT2D eigenvalue weighted by atomic mass is 10.2. The molecule has 21 heavy (non-hydrogen) atoms. The van der Waals surface area contributed by atoms with E-state index < -0.39 is 0 Å². The Balaban J connectivity index is 1.80. The van der Waals surface area contributed by atoms with Crippen LogP contribution in [0.2, 0.25) is 0 Å². The highest BCUT2D eigenvalue weighted by atomic mass is 16.5. The lowest BCUT2D eigenvalue weighted by Gasteiger charge is -2.32. The third-order valence-corrected chi connectivity index (χ3v) is 3.14. The van der Waals surface area contributed by atoms with Gasteiger partial charge in [0, 0.05) is 32.8 Å². The fourth-order valence-corrected chi connectivity index (χ4v) is 1.99. The minimum Gasteiger partial charge on any atom is -0.383 e. The summed E-state index contributed by atoms with van der Waals surface area (Å²) in [7, 11) is 1.59. The second kappa shape index (κ2) is 7.19. The zero-order chi connectivity index (χ0) is 15.2. The Kier molecular flexibility index (Phi) is 5.29. The summed E-state index contributed by atoms with van der Waals surface area (Å²) in [6.07, 6.45) is -0.239. The van der Waals surface area contributed by atoms with Crippen LogP contribution in [-0.2, 0) is 14.3 Å². The van der Waals surface area contributed by atoms with Crippen LogP contribution in [0.15, 0.2) is 10.6 Å². The monoisotopic (exact) mass is 297 g/mol. The molecule has 1 aromatic rings. The van der Waals surface area contributed by atoms with Crippen LogP contribution in [-0.4, -0.2) is 67.9 Å². The van der Waals surface area contributed by atoms with E-state index in [0.717, 1.165) is 0 Å². The second-order valence-electron chi connectivity index (χ2n) is 4.80. The molecule has 1 aromatic heterocycles. The first-order valence-corrected chi connectivity index (χ1v) is 6.70. The van der Waals surface area contributed by atoms with Crippen LogP contribution < -0.4 is 5.32 Å². The van der Waals surface area contributed by atoms with Crippen LogP contribution in [0.5, 0.6) is 0 Å². The molecule has 2 rings (SSSR count). The van der Waals surface area contributed by atoms with Gasteiger partial charge in [0.1, 0.15) is 12.4 Å². The van der Waals surface area contributed by atoms with Crippen LogP contribution in [0.3, 0.4) is 0 Å². The third kappa shape index (κ3) is 4.27. The highest BCUT2D eigenvalue weighted by molar-refractivity contribution is 5.92. The summed E-state index contributed by atoms with van der Waals surface area (Å²) in [6.45, 7) is 3.47. The largest absolute Gasteiger partial charge is 0.383 e. The number of amides is 2. The summed E-state index contributed by atoms with van der Waals surface area (Å²) in [6, 6.07) is 1.56. The maximum atomic E-state index is 11.8. The van der Waals surface area contributed by atoms with Crippen LogP contribution in [0.4, 0.5) is 0 Å². The Morgan fingerprint density at radius 2 is 2.43 bits per heavy atom. The van der Waals surface area contributed by atoms with E-state index in [-0.39, 0.29) is 30.2 Å². The molecule has 1 fully saturated rings. The topological polar surface area (TPSA) is 93.9 Å². The van der Waals surface area contributed by atoms with Crippen LogP contribution >= 0.6 is 0 Å². The van der Waals surface area contributed by atoms with E-state index in [4.69, 9.17) is 14.0 Å². The number of nitrogens with zero attached hydrogens (tertiary/aromatic N) is 2. The minimum absolute atomic E-state index is 0.0212. The predicted octanol–water partition coefficient (Wildman–Crippen LogP) is -0.413. The van der Waals surface area contributed by atoms with Crippen LogP contribution in [0.25, 0.3) is 0 Å². The molecule has 0 bridgehead atoms. The molecule has 0 aliphatic carbocycles. The van der Waals surface area contributed by atoms with Gasteiger partial charge in [0.15, 0.2) is 5.69 Å². The normalized spacial score (nSPS) is 18.9. The van der Waals surface area contributed by atoms with E-state index in [2.05, 4.69) is 10.5 Å². The van der Waals surface area contributed by atoms with Gasteiger partial charge in [-0.1, -0.05) is 5.16 Å². The maximum Gasteiger partial charge on any atom is 0.273 e. The van der Waals surface area contributed by atoms with Gasteiger partial charge < -0.3 is 24.2 Å². The summed E-state index contributed by atoms with van der Waals surface area (Å²) in [5.41, 5.74) is 0.232. The first-order valence-electron chi connectivity index (χ1n) is 6.70. The Labute approximate surface area is 122 Å². The molecular formula is C13H19N3O5.